The van der Waals surface area contributed by atoms with Gasteiger partial charge in [-0.3, -0.25) is 4.90 Å². The van der Waals surface area contributed by atoms with Crippen molar-refractivity contribution in [2.24, 2.45) is 0 Å². The van der Waals surface area contributed by atoms with Crippen LogP contribution in [-0.2, 0) is 13.1 Å². The molecule has 0 bridgehead atoms. The van der Waals surface area contributed by atoms with Crippen molar-refractivity contribution in [1.29, 1.82) is 0 Å². The van der Waals surface area contributed by atoms with Gasteiger partial charge in [0.05, 0.1) is 13.7 Å². The molecule has 21 heavy (non-hydrogen) atoms. The summed E-state index contributed by atoms with van der Waals surface area (Å²) in [6.07, 6.45) is 0. The molecule has 1 N–H and O–H groups in total. The highest BCUT2D eigenvalue weighted by molar-refractivity contribution is 5.33. The van der Waals surface area contributed by atoms with Crippen LogP contribution in [0.25, 0.3) is 0 Å². The molecule has 2 aromatic rings. The van der Waals surface area contributed by atoms with E-state index in [1.807, 2.05) is 32.0 Å². The summed E-state index contributed by atoms with van der Waals surface area (Å²) >= 11 is 0. The van der Waals surface area contributed by atoms with E-state index in [1.165, 1.54) is 0 Å². The minimum absolute atomic E-state index is 0.130. The van der Waals surface area contributed by atoms with Gasteiger partial charge in [0.1, 0.15) is 17.3 Å². The fourth-order valence-corrected chi connectivity index (χ4v) is 2.51. The molecule has 1 aromatic heterocycles. The van der Waals surface area contributed by atoms with Gasteiger partial charge in [0.15, 0.2) is 0 Å². The lowest BCUT2D eigenvalue weighted by molar-refractivity contribution is 0.182. The molecule has 4 heteroatoms. The number of methoxy groups -OCH3 is 1. The van der Waals surface area contributed by atoms with Gasteiger partial charge in [0.2, 0.25) is 0 Å². The van der Waals surface area contributed by atoms with Crippen LogP contribution < -0.4 is 4.74 Å². The van der Waals surface area contributed by atoms with Crippen molar-refractivity contribution in [3.8, 4) is 5.75 Å². The Balaban J connectivity index is 2.13. The molecule has 4 nitrogen and oxygen atoms in total. The molecule has 0 fully saturated rings. The van der Waals surface area contributed by atoms with Crippen LogP contribution in [0, 0.1) is 13.8 Å². The number of hydrogen-bond donors (Lipinski definition) is 1. The van der Waals surface area contributed by atoms with Crippen LogP contribution in [0.15, 0.2) is 34.7 Å². The highest BCUT2D eigenvalue weighted by Crippen LogP contribution is 2.22. The molecule has 0 saturated heterocycles. The number of aliphatic hydroxyl groups excluding tert-OH is 1. The van der Waals surface area contributed by atoms with Crippen LogP contribution in [0.5, 0.6) is 5.75 Å². The summed E-state index contributed by atoms with van der Waals surface area (Å²) in [5, 5.41) is 9.30. The third kappa shape index (κ3) is 4.09. The van der Waals surface area contributed by atoms with Crippen LogP contribution in [0.3, 0.4) is 0 Å². The Kier molecular flexibility index (Phi) is 5.42. The molecular formula is C17H23NO3. The number of hydrogen-bond acceptors (Lipinski definition) is 4. The molecule has 0 radical (unpaired) electrons. The van der Waals surface area contributed by atoms with E-state index in [2.05, 4.69) is 17.0 Å². The zero-order chi connectivity index (χ0) is 15.2. The van der Waals surface area contributed by atoms with E-state index in [9.17, 15) is 5.11 Å². The number of para-hydroxylation sites is 1. The molecule has 0 saturated carbocycles. The Bertz CT molecular complexity index is 577. The van der Waals surface area contributed by atoms with Crippen molar-refractivity contribution in [3.63, 3.8) is 0 Å². The van der Waals surface area contributed by atoms with Crippen molar-refractivity contribution in [2.75, 3.05) is 20.3 Å². The van der Waals surface area contributed by atoms with Crippen molar-refractivity contribution in [2.45, 2.75) is 26.9 Å². The quantitative estimate of drug-likeness (QED) is 0.851. The lowest BCUT2D eigenvalue weighted by Crippen LogP contribution is -2.26. The Hall–Kier alpha value is -1.78. The van der Waals surface area contributed by atoms with Crippen LogP contribution in [0.2, 0.25) is 0 Å². The smallest absolute Gasteiger partial charge is 0.123 e. The first-order valence-corrected chi connectivity index (χ1v) is 7.15. The molecule has 0 aliphatic rings. The predicted octanol–water partition coefficient (Wildman–Crippen LogP) is 2.90. The van der Waals surface area contributed by atoms with E-state index in [0.717, 1.165) is 41.5 Å². The van der Waals surface area contributed by atoms with E-state index in [1.54, 1.807) is 7.11 Å². The fraction of sp³-hybridized carbons (Fsp3) is 0.412. The van der Waals surface area contributed by atoms with E-state index in [4.69, 9.17) is 9.15 Å². The van der Waals surface area contributed by atoms with Gasteiger partial charge in [-0.2, -0.15) is 0 Å². The normalized spacial score (nSPS) is 11.1. The molecule has 0 atom stereocenters. The first kappa shape index (κ1) is 15.6. The van der Waals surface area contributed by atoms with Crippen molar-refractivity contribution in [1.82, 2.24) is 4.90 Å². The van der Waals surface area contributed by atoms with E-state index >= 15 is 0 Å². The molecular weight excluding hydrogens is 266 g/mol. The molecule has 2 rings (SSSR count). The van der Waals surface area contributed by atoms with E-state index in [-0.39, 0.29) is 6.61 Å². The summed E-state index contributed by atoms with van der Waals surface area (Å²) in [6.45, 7) is 6.15. The number of benzene rings is 1. The summed E-state index contributed by atoms with van der Waals surface area (Å²) in [6, 6.07) is 10.0. The van der Waals surface area contributed by atoms with Gasteiger partial charge in [-0.15, -0.1) is 0 Å². The maximum absolute atomic E-state index is 9.30. The zero-order valence-corrected chi connectivity index (χ0v) is 12.9. The Labute approximate surface area is 126 Å². The number of nitrogens with zero attached hydrogens (tertiary/aromatic N) is 1. The average Bonchev–Trinajstić information content (AvgIpc) is 2.77. The van der Waals surface area contributed by atoms with Crippen LogP contribution >= 0.6 is 0 Å². The predicted molar refractivity (Wildman–Crippen MR) is 82.4 cm³/mol. The Morgan fingerprint density at radius 2 is 1.86 bits per heavy atom. The Morgan fingerprint density at radius 1 is 1.14 bits per heavy atom. The van der Waals surface area contributed by atoms with Crippen LogP contribution in [0.4, 0.5) is 0 Å². The van der Waals surface area contributed by atoms with Gasteiger partial charge in [0, 0.05) is 30.8 Å². The number of furan rings is 1. The number of ether oxygens (including phenoxy) is 1. The number of rotatable bonds is 7. The van der Waals surface area contributed by atoms with Crippen LogP contribution in [0.1, 0.15) is 22.6 Å². The molecule has 0 aliphatic carbocycles. The van der Waals surface area contributed by atoms with Gasteiger partial charge in [-0.05, 0) is 26.0 Å². The zero-order valence-electron chi connectivity index (χ0n) is 12.9. The molecule has 1 heterocycles. The maximum atomic E-state index is 9.30. The third-order valence-corrected chi connectivity index (χ3v) is 3.54. The lowest BCUT2D eigenvalue weighted by Gasteiger charge is -2.22. The lowest BCUT2D eigenvalue weighted by atomic mass is 10.1. The number of aliphatic hydroxyl groups is 1. The number of aryl methyl sites for hydroxylation is 2. The average molecular weight is 289 g/mol. The van der Waals surface area contributed by atoms with Crippen LogP contribution in [-0.4, -0.2) is 30.3 Å². The minimum Gasteiger partial charge on any atom is -0.496 e. The SMILES string of the molecule is COc1ccccc1CN(CCO)Cc1cc(C)oc1C. The van der Waals surface area contributed by atoms with Gasteiger partial charge >= 0.3 is 0 Å². The minimum atomic E-state index is 0.130. The summed E-state index contributed by atoms with van der Waals surface area (Å²) < 4.78 is 11.0. The van der Waals surface area contributed by atoms with Crippen molar-refractivity contribution < 1.29 is 14.3 Å². The summed E-state index contributed by atoms with van der Waals surface area (Å²) in [5.74, 6) is 2.74. The van der Waals surface area contributed by atoms with Gasteiger partial charge < -0.3 is 14.3 Å². The maximum Gasteiger partial charge on any atom is 0.123 e. The second-order valence-corrected chi connectivity index (χ2v) is 5.18. The highest BCUT2D eigenvalue weighted by Gasteiger charge is 2.13. The molecule has 0 unspecified atom stereocenters. The molecule has 1 aromatic carbocycles. The van der Waals surface area contributed by atoms with Crippen molar-refractivity contribution in [3.05, 3.63) is 53.0 Å². The first-order chi connectivity index (χ1) is 10.1. The summed E-state index contributed by atoms with van der Waals surface area (Å²) in [7, 11) is 1.68. The molecule has 0 aliphatic heterocycles. The van der Waals surface area contributed by atoms with E-state index < -0.39 is 0 Å². The molecule has 114 valence electrons. The largest absolute Gasteiger partial charge is 0.496 e. The van der Waals surface area contributed by atoms with Crippen molar-refractivity contribution >= 4 is 0 Å². The second-order valence-electron chi connectivity index (χ2n) is 5.18. The third-order valence-electron chi connectivity index (χ3n) is 3.54. The van der Waals surface area contributed by atoms with Gasteiger partial charge in [-0.1, -0.05) is 18.2 Å². The Morgan fingerprint density at radius 3 is 2.48 bits per heavy atom. The van der Waals surface area contributed by atoms with Gasteiger partial charge in [0.25, 0.3) is 0 Å². The molecule has 0 spiro atoms. The molecule has 0 amide bonds. The summed E-state index contributed by atoms with van der Waals surface area (Å²) in [4.78, 5) is 2.19. The topological polar surface area (TPSA) is 45.8 Å². The van der Waals surface area contributed by atoms with E-state index in [0.29, 0.717) is 6.54 Å². The van der Waals surface area contributed by atoms with Gasteiger partial charge in [-0.25, -0.2) is 0 Å². The first-order valence-electron chi connectivity index (χ1n) is 7.15. The fourth-order valence-electron chi connectivity index (χ4n) is 2.51. The summed E-state index contributed by atoms with van der Waals surface area (Å²) in [5.41, 5.74) is 2.28. The monoisotopic (exact) mass is 289 g/mol. The second kappa shape index (κ2) is 7.29. The standard InChI is InChI=1S/C17H23NO3/c1-13-10-16(14(2)21-13)12-18(8-9-19)11-15-6-4-5-7-17(15)20-3/h4-7,10,19H,8-9,11-12H2,1-3H3. The highest BCUT2D eigenvalue weighted by atomic mass is 16.5.